The van der Waals surface area contributed by atoms with Crippen LogP contribution in [0, 0.1) is 0 Å². The number of hydrogen-bond donors (Lipinski definition) is 0. The van der Waals surface area contributed by atoms with Gasteiger partial charge < -0.3 is 9.30 Å². The van der Waals surface area contributed by atoms with Gasteiger partial charge in [-0.15, -0.1) is 0 Å². The van der Waals surface area contributed by atoms with Crippen LogP contribution >= 0.6 is 11.6 Å². The predicted octanol–water partition coefficient (Wildman–Crippen LogP) is 4.77. The third kappa shape index (κ3) is 4.58. The first-order valence-electron chi connectivity index (χ1n) is 10.8. The van der Waals surface area contributed by atoms with Crippen LogP contribution in [0.15, 0.2) is 66.0 Å². The quantitative estimate of drug-likeness (QED) is 0.364. The van der Waals surface area contributed by atoms with Crippen LogP contribution in [-0.2, 0) is 10.0 Å². The number of piperidine rings is 1. The van der Waals surface area contributed by atoms with Crippen molar-refractivity contribution in [3.05, 3.63) is 66.1 Å². The number of ether oxygens (including phenoxy) is 1. The van der Waals surface area contributed by atoms with Crippen molar-refractivity contribution < 1.29 is 21.9 Å². The molecule has 1 fully saturated rings. The number of sulfonamides is 1. The van der Waals surface area contributed by atoms with E-state index in [1.165, 1.54) is 28.6 Å². The number of fused-ring (bicyclic) bond motifs is 1. The molecular weight excluding hydrogens is 500 g/mol. The molecule has 3 aromatic heterocycles. The number of nitrogens with zero attached hydrogens (tertiary/aromatic N) is 5. The fraction of sp³-hybridized carbons (Fsp3) is 0.261. The molecule has 12 heteroatoms. The highest BCUT2D eigenvalue weighted by molar-refractivity contribution is 7.89. The molecule has 0 spiro atoms. The summed E-state index contributed by atoms with van der Waals surface area (Å²) in [4.78, 5) is 13.3. The Morgan fingerprint density at radius 3 is 2.49 bits per heavy atom. The van der Waals surface area contributed by atoms with E-state index >= 15 is 0 Å². The highest BCUT2D eigenvalue weighted by Crippen LogP contribution is 2.36. The zero-order valence-corrected chi connectivity index (χ0v) is 19.8. The molecule has 0 aliphatic carbocycles. The van der Waals surface area contributed by atoms with Crippen LogP contribution in [0.4, 0.5) is 8.78 Å². The third-order valence-corrected chi connectivity index (χ3v) is 8.15. The van der Waals surface area contributed by atoms with Crippen molar-refractivity contribution in [3.8, 4) is 17.1 Å². The first kappa shape index (κ1) is 23.6. The first-order valence-corrected chi connectivity index (χ1v) is 12.6. The molecule has 0 amide bonds. The van der Waals surface area contributed by atoms with Crippen molar-refractivity contribution in [1.82, 2.24) is 23.8 Å². The number of halogens is 3. The summed E-state index contributed by atoms with van der Waals surface area (Å²) in [6.07, 6.45) is 5.96. The van der Waals surface area contributed by atoms with Gasteiger partial charge in [0.1, 0.15) is 17.1 Å². The Balaban J connectivity index is 1.40. The van der Waals surface area contributed by atoms with Crippen LogP contribution in [0.25, 0.3) is 22.6 Å². The van der Waals surface area contributed by atoms with E-state index in [1.807, 2.05) is 16.7 Å². The third-order valence-electron chi connectivity index (χ3n) is 5.94. The van der Waals surface area contributed by atoms with E-state index in [2.05, 4.69) is 14.7 Å². The average Bonchev–Trinajstić information content (AvgIpc) is 3.24. The molecule has 182 valence electrons. The molecule has 0 bridgehead atoms. The molecule has 0 N–H and O–H groups in total. The lowest BCUT2D eigenvalue weighted by Crippen LogP contribution is -2.39. The number of hydrogen-bond acceptors (Lipinski definition) is 6. The van der Waals surface area contributed by atoms with Gasteiger partial charge in [0, 0.05) is 43.3 Å². The summed E-state index contributed by atoms with van der Waals surface area (Å²) in [5.41, 5.74) is 2.14. The Bertz CT molecular complexity index is 1460. The van der Waals surface area contributed by atoms with E-state index in [9.17, 15) is 17.2 Å². The van der Waals surface area contributed by atoms with Gasteiger partial charge in [0.05, 0.1) is 9.92 Å². The van der Waals surface area contributed by atoms with E-state index < -0.39 is 16.6 Å². The zero-order chi connectivity index (χ0) is 24.6. The smallest absolute Gasteiger partial charge is 0.387 e. The maximum absolute atomic E-state index is 13.1. The Hall–Kier alpha value is -3.15. The maximum Gasteiger partial charge on any atom is 0.387 e. The van der Waals surface area contributed by atoms with Crippen LogP contribution in [-0.4, -0.2) is 51.9 Å². The average molecular weight is 520 g/mol. The molecule has 0 unspecified atom stereocenters. The highest BCUT2D eigenvalue weighted by atomic mass is 35.5. The Morgan fingerprint density at radius 1 is 1.06 bits per heavy atom. The Labute approximate surface area is 205 Å². The van der Waals surface area contributed by atoms with Crippen LogP contribution in [0.1, 0.15) is 18.9 Å². The second-order valence-electron chi connectivity index (χ2n) is 7.99. The monoisotopic (exact) mass is 519 g/mol. The summed E-state index contributed by atoms with van der Waals surface area (Å²) in [5.74, 6) is 0.557. The molecule has 1 saturated heterocycles. The summed E-state index contributed by atoms with van der Waals surface area (Å²) in [7, 11) is -3.79. The molecule has 4 aromatic rings. The number of pyridine rings is 2. The first-order chi connectivity index (χ1) is 16.8. The number of alkyl halides is 2. The van der Waals surface area contributed by atoms with Gasteiger partial charge in [0.25, 0.3) is 0 Å². The highest BCUT2D eigenvalue weighted by Gasteiger charge is 2.32. The molecular formula is C23H20ClF2N5O3S. The second-order valence-corrected chi connectivity index (χ2v) is 10.3. The fourth-order valence-electron chi connectivity index (χ4n) is 4.30. The van der Waals surface area contributed by atoms with Crippen LogP contribution in [0.3, 0.4) is 0 Å². The number of rotatable bonds is 6. The molecule has 1 aromatic carbocycles. The Kier molecular flexibility index (Phi) is 6.39. The van der Waals surface area contributed by atoms with Gasteiger partial charge >= 0.3 is 6.61 Å². The lowest BCUT2D eigenvalue weighted by Gasteiger charge is -2.32. The lowest BCUT2D eigenvalue weighted by atomic mass is 10.1. The maximum atomic E-state index is 13.1. The minimum absolute atomic E-state index is 0.0246. The van der Waals surface area contributed by atoms with Gasteiger partial charge in [0.15, 0.2) is 5.65 Å². The summed E-state index contributed by atoms with van der Waals surface area (Å²) >= 11 is 6.41. The summed E-state index contributed by atoms with van der Waals surface area (Å²) < 4.78 is 58.8. The SMILES string of the molecule is O=S(=O)(c1ccc(OC(F)F)cc1)N1CCC(n2c(-c3ccncc3Cl)nc3cccnc32)CC1. The van der Waals surface area contributed by atoms with Crippen molar-refractivity contribution in [2.24, 2.45) is 0 Å². The summed E-state index contributed by atoms with van der Waals surface area (Å²) in [6, 6.07) is 10.4. The summed E-state index contributed by atoms with van der Waals surface area (Å²) in [5, 5.41) is 0.461. The predicted molar refractivity (Wildman–Crippen MR) is 126 cm³/mol. The van der Waals surface area contributed by atoms with E-state index in [1.54, 1.807) is 24.7 Å². The molecule has 35 heavy (non-hydrogen) atoms. The minimum Gasteiger partial charge on any atom is -0.435 e. The van der Waals surface area contributed by atoms with Crippen molar-refractivity contribution >= 4 is 32.8 Å². The molecule has 0 radical (unpaired) electrons. The van der Waals surface area contributed by atoms with Crippen LogP contribution < -0.4 is 4.74 Å². The normalized spacial score (nSPS) is 15.7. The van der Waals surface area contributed by atoms with Crippen LogP contribution in [0.5, 0.6) is 5.75 Å². The topological polar surface area (TPSA) is 90.2 Å². The van der Waals surface area contributed by atoms with Gasteiger partial charge in [-0.1, -0.05) is 11.6 Å². The van der Waals surface area contributed by atoms with Gasteiger partial charge in [0.2, 0.25) is 10.0 Å². The van der Waals surface area contributed by atoms with Crippen molar-refractivity contribution in [2.45, 2.75) is 30.4 Å². The second kappa shape index (κ2) is 9.48. The van der Waals surface area contributed by atoms with E-state index in [0.717, 1.165) is 11.1 Å². The fourth-order valence-corrected chi connectivity index (χ4v) is 5.98. The van der Waals surface area contributed by atoms with E-state index in [4.69, 9.17) is 16.6 Å². The van der Waals surface area contributed by atoms with E-state index in [-0.39, 0.29) is 29.8 Å². The van der Waals surface area contributed by atoms with Crippen LogP contribution in [0.2, 0.25) is 5.02 Å². The van der Waals surface area contributed by atoms with Gasteiger partial charge in [-0.05, 0) is 55.3 Å². The van der Waals surface area contributed by atoms with Crippen molar-refractivity contribution in [3.63, 3.8) is 0 Å². The molecule has 5 rings (SSSR count). The number of benzene rings is 1. The molecule has 0 atom stereocenters. The van der Waals surface area contributed by atoms with E-state index in [0.29, 0.717) is 29.3 Å². The van der Waals surface area contributed by atoms with Crippen molar-refractivity contribution in [2.75, 3.05) is 13.1 Å². The zero-order valence-electron chi connectivity index (χ0n) is 18.3. The standard InChI is InChI=1S/C23H20ClF2N5O3S/c24-19-14-27-11-7-18(19)21-29-20-2-1-10-28-22(20)31(21)15-8-12-30(13-9-15)35(32,33)17-5-3-16(4-6-17)34-23(25)26/h1-7,10-11,14-15,23H,8-9,12-13H2. The number of aromatic nitrogens is 4. The molecule has 1 aliphatic heterocycles. The van der Waals surface area contributed by atoms with Crippen molar-refractivity contribution in [1.29, 1.82) is 0 Å². The minimum atomic E-state index is -3.79. The number of imidazole rings is 1. The lowest BCUT2D eigenvalue weighted by molar-refractivity contribution is -0.0498. The molecule has 0 saturated carbocycles. The van der Waals surface area contributed by atoms with Gasteiger partial charge in [-0.3, -0.25) is 4.98 Å². The molecule has 1 aliphatic rings. The Morgan fingerprint density at radius 2 is 1.80 bits per heavy atom. The van der Waals surface area contributed by atoms with Gasteiger partial charge in [-0.25, -0.2) is 18.4 Å². The molecule has 4 heterocycles. The van der Waals surface area contributed by atoms with Gasteiger partial charge in [-0.2, -0.15) is 13.1 Å². The molecule has 8 nitrogen and oxygen atoms in total. The largest absolute Gasteiger partial charge is 0.435 e. The summed E-state index contributed by atoms with van der Waals surface area (Å²) in [6.45, 7) is -2.42.